The highest BCUT2D eigenvalue weighted by atomic mass is 16.5. The smallest absolute Gasteiger partial charge is 0.231 e. The fraction of sp³-hybridized carbons (Fsp3) is 0.875. The van der Waals surface area contributed by atoms with Gasteiger partial charge in [-0.1, -0.05) is 18.5 Å². The Morgan fingerprint density at radius 1 is 1.19 bits per heavy atom. The average molecular weight is 293 g/mol. The number of nitrogens with one attached hydrogen (secondary N) is 1. The van der Waals surface area contributed by atoms with E-state index in [4.69, 9.17) is 9.26 Å². The molecule has 3 unspecified atom stereocenters. The normalized spacial score (nSPS) is 29.9. The lowest BCUT2D eigenvalue weighted by atomic mass is 10.0. The molecule has 1 aliphatic carbocycles. The van der Waals surface area contributed by atoms with E-state index in [0.717, 1.165) is 50.6 Å². The highest BCUT2D eigenvalue weighted by Crippen LogP contribution is 2.33. The minimum Gasteiger partial charge on any atom is -0.378 e. The van der Waals surface area contributed by atoms with Gasteiger partial charge in [0.2, 0.25) is 5.89 Å². The summed E-state index contributed by atoms with van der Waals surface area (Å²) in [7, 11) is 0. The molecule has 21 heavy (non-hydrogen) atoms. The van der Waals surface area contributed by atoms with Gasteiger partial charge in [0.1, 0.15) is 0 Å². The molecular weight excluding hydrogens is 266 g/mol. The fourth-order valence-electron chi connectivity index (χ4n) is 3.50. The maximum atomic E-state index is 5.76. The Hall–Kier alpha value is -0.940. The van der Waals surface area contributed by atoms with E-state index in [9.17, 15) is 0 Å². The van der Waals surface area contributed by atoms with Crippen LogP contribution in [0.5, 0.6) is 0 Å². The molecule has 2 aliphatic rings. The van der Waals surface area contributed by atoms with Crippen LogP contribution in [0.2, 0.25) is 0 Å². The van der Waals surface area contributed by atoms with Gasteiger partial charge in [0.25, 0.3) is 0 Å². The summed E-state index contributed by atoms with van der Waals surface area (Å²) >= 11 is 0. The van der Waals surface area contributed by atoms with Crippen molar-refractivity contribution in [2.75, 3.05) is 13.2 Å². The quantitative estimate of drug-likeness (QED) is 0.874. The van der Waals surface area contributed by atoms with Gasteiger partial charge < -0.3 is 14.6 Å². The molecule has 3 atom stereocenters. The van der Waals surface area contributed by atoms with Gasteiger partial charge in [-0.3, -0.25) is 0 Å². The van der Waals surface area contributed by atoms with E-state index in [1.807, 2.05) is 0 Å². The van der Waals surface area contributed by atoms with E-state index >= 15 is 0 Å². The second kappa shape index (κ2) is 7.36. The van der Waals surface area contributed by atoms with E-state index in [0.29, 0.717) is 12.0 Å². The maximum Gasteiger partial charge on any atom is 0.231 e. The van der Waals surface area contributed by atoms with Crippen LogP contribution in [-0.2, 0) is 11.2 Å². The van der Waals surface area contributed by atoms with E-state index in [1.54, 1.807) is 0 Å². The highest BCUT2D eigenvalue weighted by Gasteiger charge is 2.32. The highest BCUT2D eigenvalue weighted by molar-refractivity contribution is 5.03. The lowest BCUT2D eigenvalue weighted by Gasteiger charge is -2.20. The van der Waals surface area contributed by atoms with E-state index in [-0.39, 0.29) is 6.10 Å². The van der Waals surface area contributed by atoms with Gasteiger partial charge in [-0.25, -0.2) is 0 Å². The van der Waals surface area contributed by atoms with Gasteiger partial charge in [0.15, 0.2) is 5.82 Å². The third-order valence-corrected chi connectivity index (χ3v) is 4.66. The van der Waals surface area contributed by atoms with Gasteiger partial charge in [-0.05, 0) is 45.1 Å². The number of aromatic nitrogens is 2. The third kappa shape index (κ3) is 3.83. The molecule has 0 bridgehead atoms. The van der Waals surface area contributed by atoms with Crippen molar-refractivity contribution < 1.29 is 9.26 Å². The molecular formula is C16H27N3O2. The number of ether oxygens (including phenoxy) is 1. The molecule has 1 saturated carbocycles. The van der Waals surface area contributed by atoms with Gasteiger partial charge in [-0.15, -0.1) is 0 Å². The molecule has 1 N–H and O–H groups in total. The summed E-state index contributed by atoms with van der Waals surface area (Å²) in [6, 6.07) is 0.504. The second-order valence-corrected chi connectivity index (χ2v) is 6.34. The second-order valence-electron chi connectivity index (χ2n) is 6.34. The molecule has 0 spiro atoms. The Bertz CT molecular complexity index is 429. The Labute approximate surface area is 126 Å². The van der Waals surface area contributed by atoms with Gasteiger partial charge >= 0.3 is 0 Å². The Morgan fingerprint density at radius 3 is 2.95 bits per heavy atom. The van der Waals surface area contributed by atoms with Crippen molar-refractivity contribution in [2.45, 2.75) is 76.4 Å². The molecule has 118 valence electrons. The zero-order chi connectivity index (χ0) is 14.5. The Kier molecular flexibility index (Phi) is 5.25. The zero-order valence-corrected chi connectivity index (χ0v) is 13.0. The van der Waals surface area contributed by atoms with Crippen LogP contribution < -0.4 is 5.32 Å². The average Bonchev–Trinajstić information content (AvgIpc) is 3.15. The van der Waals surface area contributed by atoms with Crippen LogP contribution in [0.1, 0.15) is 69.5 Å². The summed E-state index contributed by atoms with van der Waals surface area (Å²) in [6.07, 6.45) is 9.41. The number of hydrogen-bond acceptors (Lipinski definition) is 5. The molecule has 0 amide bonds. The molecule has 5 nitrogen and oxygen atoms in total. The first kappa shape index (κ1) is 15.0. The topological polar surface area (TPSA) is 60.2 Å². The van der Waals surface area contributed by atoms with Crippen LogP contribution in [-0.4, -0.2) is 35.4 Å². The van der Waals surface area contributed by atoms with Crippen LogP contribution >= 0.6 is 0 Å². The molecule has 0 radical (unpaired) electrons. The summed E-state index contributed by atoms with van der Waals surface area (Å²) in [4.78, 5) is 4.65. The van der Waals surface area contributed by atoms with E-state index < -0.39 is 0 Å². The van der Waals surface area contributed by atoms with Gasteiger partial charge in [0.05, 0.1) is 12.0 Å². The first-order chi connectivity index (χ1) is 10.4. The van der Waals surface area contributed by atoms with E-state index in [2.05, 4.69) is 22.4 Å². The first-order valence-corrected chi connectivity index (χ1v) is 8.54. The summed E-state index contributed by atoms with van der Waals surface area (Å²) in [5.74, 6) is 2.04. The molecule has 1 aromatic heterocycles. The standard InChI is InChI=1S/C16H27N3O2/c1-2-9-17-14-8-5-7-13(14)16-18-15(19-21-16)11-12-6-3-4-10-20-12/h12-14,17H,2-11H2,1H3. The lowest BCUT2D eigenvalue weighted by molar-refractivity contribution is 0.0153. The number of nitrogens with zero attached hydrogens (tertiary/aromatic N) is 2. The van der Waals surface area contributed by atoms with Crippen molar-refractivity contribution >= 4 is 0 Å². The summed E-state index contributed by atoms with van der Waals surface area (Å²) in [5, 5.41) is 7.79. The van der Waals surface area contributed by atoms with Gasteiger partial charge in [0, 0.05) is 19.1 Å². The van der Waals surface area contributed by atoms with Crippen molar-refractivity contribution in [2.24, 2.45) is 0 Å². The van der Waals surface area contributed by atoms with Crippen molar-refractivity contribution in [1.29, 1.82) is 0 Å². The predicted molar refractivity (Wildman–Crippen MR) is 80.3 cm³/mol. The molecule has 5 heteroatoms. The van der Waals surface area contributed by atoms with Crippen LogP contribution in [0.4, 0.5) is 0 Å². The van der Waals surface area contributed by atoms with E-state index in [1.165, 1.54) is 25.7 Å². The van der Waals surface area contributed by atoms with Crippen molar-refractivity contribution in [1.82, 2.24) is 15.5 Å². The molecule has 2 fully saturated rings. The molecule has 0 aromatic carbocycles. The summed E-state index contributed by atoms with van der Waals surface area (Å²) in [6.45, 7) is 4.14. The minimum atomic E-state index is 0.279. The van der Waals surface area contributed by atoms with Crippen LogP contribution in [0.15, 0.2) is 4.52 Å². The predicted octanol–water partition coefficient (Wildman–Crippen LogP) is 2.82. The first-order valence-electron chi connectivity index (χ1n) is 8.54. The lowest BCUT2D eigenvalue weighted by Crippen LogP contribution is -2.32. The van der Waals surface area contributed by atoms with Crippen LogP contribution in [0, 0.1) is 0 Å². The molecule has 2 heterocycles. The Balaban J connectivity index is 1.58. The monoisotopic (exact) mass is 293 g/mol. The molecule has 1 aliphatic heterocycles. The molecule has 1 aromatic rings. The van der Waals surface area contributed by atoms with Crippen molar-refractivity contribution in [3.63, 3.8) is 0 Å². The summed E-state index contributed by atoms with van der Waals surface area (Å²) < 4.78 is 11.3. The van der Waals surface area contributed by atoms with Crippen molar-refractivity contribution in [3.8, 4) is 0 Å². The maximum absolute atomic E-state index is 5.76. The third-order valence-electron chi connectivity index (χ3n) is 4.66. The SMILES string of the molecule is CCCNC1CCCC1c1nc(CC2CCCCO2)no1. The van der Waals surface area contributed by atoms with Crippen LogP contribution in [0.25, 0.3) is 0 Å². The van der Waals surface area contributed by atoms with Crippen LogP contribution in [0.3, 0.4) is 0 Å². The summed E-state index contributed by atoms with van der Waals surface area (Å²) in [5.41, 5.74) is 0. The number of rotatable bonds is 6. The zero-order valence-electron chi connectivity index (χ0n) is 13.0. The number of hydrogen-bond donors (Lipinski definition) is 1. The largest absolute Gasteiger partial charge is 0.378 e. The minimum absolute atomic E-state index is 0.279. The Morgan fingerprint density at radius 2 is 2.14 bits per heavy atom. The molecule has 1 saturated heterocycles. The van der Waals surface area contributed by atoms with Gasteiger partial charge in [-0.2, -0.15) is 4.98 Å². The molecule has 3 rings (SSSR count). The fourth-order valence-corrected chi connectivity index (χ4v) is 3.50. The van der Waals surface area contributed by atoms with Crippen molar-refractivity contribution in [3.05, 3.63) is 11.7 Å².